The number of aryl methyl sites for hydroxylation is 1. The molecule has 1 saturated heterocycles. The Balaban J connectivity index is 2.09. The van der Waals surface area contributed by atoms with Crippen molar-refractivity contribution in [3.63, 3.8) is 0 Å². The van der Waals surface area contributed by atoms with Crippen LogP contribution in [0.25, 0.3) is 0 Å². The van der Waals surface area contributed by atoms with Crippen LogP contribution in [0.1, 0.15) is 18.1 Å². The Kier molecular flexibility index (Phi) is 3.54. The van der Waals surface area contributed by atoms with Crippen molar-refractivity contribution >= 4 is 11.8 Å². The van der Waals surface area contributed by atoms with Crippen molar-refractivity contribution in [3.8, 4) is 0 Å². The molecular formula is C13H16N2O2. The van der Waals surface area contributed by atoms with E-state index in [4.69, 9.17) is 0 Å². The van der Waals surface area contributed by atoms with Gasteiger partial charge >= 0.3 is 0 Å². The van der Waals surface area contributed by atoms with Crippen LogP contribution in [0.2, 0.25) is 0 Å². The fourth-order valence-electron chi connectivity index (χ4n) is 2.11. The number of benzene rings is 1. The number of hydrogen-bond donors (Lipinski definition) is 1. The van der Waals surface area contributed by atoms with Crippen LogP contribution in [0.4, 0.5) is 0 Å². The molecule has 1 aromatic carbocycles. The van der Waals surface area contributed by atoms with E-state index in [2.05, 4.69) is 24.4 Å². The van der Waals surface area contributed by atoms with Gasteiger partial charge in [-0.05, 0) is 17.5 Å². The Bertz CT molecular complexity index is 427. The fourth-order valence-corrected chi connectivity index (χ4v) is 2.11. The molecule has 0 radical (unpaired) electrons. The van der Waals surface area contributed by atoms with Gasteiger partial charge in [0, 0.05) is 6.54 Å². The van der Waals surface area contributed by atoms with Gasteiger partial charge in [0.15, 0.2) is 0 Å². The standard InChI is InChI=1S/C13H16N2O2/c1-2-10-5-3-4-6-11(10)7-15-8-12(16)14-13(17)9-15/h3-6H,2,7-9H2,1H3,(H,14,16,17). The minimum atomic E-state index is -0.213. The molecule has 4 nitrogen and oxygen atoms in total. The van der Waals surface area contributed by atoms with E-state index in [1.807, 2.05) is 17.0 Å². The fraction of sp³-hybridized carbons (Fsp3) is 0.385. The van der Waals surface area contributed by atoms with Gasteiger partial charge in [0.1, 0.15) is 0 Å². The lowest BCUT2D eigenvalue weighted by molar-refractivity contribution is -0.136. The Morgan fingerprint density at radius 2 is 1.71 bits per heavy atom. The predicted molar refractivity (Wildman–Crippen MR) is 64.2 cm³/mol. The lowest BCUT2D eigenvalue weighted by atomic mass is 10.0. The second-order valence-corrected chi connectivity index (χ2v) is 4.24. The van der Waals surface area contributed by atoms with Gasteiger partial charge < -0.3 is 0 Å². The molecule has 17 heavy (non-hydrogen) atoms. The molecule has 0 unspecified atom stereocenters. The van der Waals surface area contributed by atoms with E-state index in [1.165, 1.54) is 11.1 Å². The maximum absolute atomic E-state index is 11.3. The quantitative estimate of drug-likeness (QED) is 0.781. The van der Waals surface area contributed by atoms with Crippen LogP contribution in [-0.2, 0) is 22.6 Å². The molecule has 1 aromatic rings. The zero-order chi connectivity index (χ0) is 12.3. The molecule has 1 N–H and O–H groups in total. The summed E-state index contributed by atoms with van der Waals surface area (Å²) in [5.74, 6) is -0.426. The third kappa shape index (κ3) is 2.91. The first kappa shape index (κ1) is 11.8. The Hall–Kier alpha value is -1.68. The molecule has 0 aliphatic carbocycles. The highest BCUT2D eigenvalue weighted by Gasteiger charge is 2.22. The molecule has 0 saturated carbocycles. The first-order valence-electron chi connectivity index (χ1n) is 5.81. The highest BCUT2D eigenvalue weighted by molar-refractivity contribution is 5.99. The zero-order valence-corrected chi connectivity index (χ0v) is 9.90. The summed E-state index contributed by atoms with van der Waals surface area (Å²) in [6, 6.07) is 8.13. The third-order valence-electron chi connectivity index (χ3n) is 2.91. The van der Waals surface area contributed by atoms with E-state index in [1.54, 1.807) is 0 Å². The Morgan fingerprint density at radius 1 is 1.12 bits per heavy atom. The van der Waals surface area contributed by atoms with Gasteiger partial charge in [-0.3, -0.25) is 19.8 Å². The van der Waals surface area contributed by atoms with Crippen molar-refractivity contribution in [1.29, 1.82) is 0 Å². The van der Waals surface area contributed by atoms with Gasteiger partial charge in [0.25, 0.3) is 0 Å². The average Bonchev–Trinajstić information content (AvgIpc) is 2.28. The van der Waals surface area contributed by atoms with Crippen LogP contribution in [-0.4, -0.2) is 29.8 Å². The molecule has 90 valence electrons. The van der Waals surface area contributed by atoms with Gasteiger partial charge in [-0.2, -0.15) is 0 Å². The zero-order valence-electron chi connectivity index (χ0n) is 9.90. The van der Waals surface area contributed by atoms with Crippen molar-refractivity contribution in [2.45, 2.75) is 19.9 Å². The number of carbonyl (C=O) groups excluding carboxylic acids is 2. The second kappa shape index (κ2) is 5.10. The van der Waals surface area contributed by atoms with Gasteiger partial charge in [0.2, 0.25) is 11.8 Å². The van der Waals surface area contributed by atoms with Crippen LogP contribution < -0.4 is 5.32 Å². The van der Waals surface area contributed by atoms with Crippen molar-refractivity contribution in [3.05, 3.63) is 35.4 Å². The van der Waals surface area contributed by atoms with Gasteiger partial charge in [-0.15, -0.1) is 0 Å². The molecule has 0 aromatic heterocycles. The van der Waals surface area contributed by atoms with Gasteiger partial charge in [-0.1, -0.05) is 31.2 Å². The molecule has 0 spiro atoms. The maximum atomic E-state index is 11.3. The monoisotopic (exact) mass is 232 g/mol. The van der Waals surface area contributed by atoms with Gasteiger partial charge in [-0.25, -0.2) is 0 Å². The summed E-state index contributed by atoms with van der Waals surface area (Å²) >= 11 is 0. The molecule has 1 aliphatic rings. The summed E-state index contributed by atoms with van der Waals surface area (Å²) in [5, 5.41) is 2.30. The molecule has 2 rings (SSSR count). The van der Waals surface area contributed by atoms with Crippen LogP contribution in [0.15, 0.2) is 24.3 Å². The number of hydrogen-bond acceptors (Lipinski definition) is 3. The Labute approximate surface area is 101 Å². The van der Waals surface area contributed by atoms with Crippen molar-refractivity contribution < 1.29 is 9.59 Å². The Morgan fingerprint density at radius 3 is 2.29 bits per heavy atom. The van der Waals surface area contributed by atoms with Crippen molar-refractivity contribution in [2.24, 2.45) is 0 Å². The smallest absolute Gasteiger partial charge is 0.240 e. The molecule has 0 bridgehead atoms. The molecule has 1 fully saturated rings. The summed E-state index contributed by atoms with van der Waals surface area (Å²) < 4.78 is 0. The second-order valence-electron chi connectivity index (χ2n) is 4.24. The summed E-state index contributed by atoms with van der Waals surface area (Å²) in [6.07, 6.45) is 0.962. The number of carbonyl (C=O) groups is 2. The van der Waals surface area contributed by atoms with Crippen LogP contribution in [0.3, 0.4) is 0 Å². The van der Waals surface area contributed by atoms with E-state index in [9.17, 15) is 9.59 Å². The molecular weight excluding hydrogens is 216 g/mol. The minimum absolute atomic E-state index is 0.213. The lowest BCUT2D eigenvalue weighted by Gasteiger charge is -2.25. The predicted octanol–water partition coefficient (Wildman–Crippen LogP) is 0.707. The molecule has 4 heteroatoms. The average molecular weight is 232 g/mol. The van der Waals surface area contributed by atoms with E-state index in [-0.39, 0.29) is 11.8 Å². The lowest BCUT2D eigenvalue weighted by Crippen LogP contribution is -2.50. The van der Waals surface area contributed by atoms with Crippen LogP contribution in [0.5, 0.6) is 0 Å². The maximum Gasteiger partial charge on any atom is 0.240 e. The summed E-state index contributed by atoms with van der Waals surface area (Å²) in [5.41, 5.74) is 2.46. The topological polar surface area (TPSA) is 49.4 Å². The highest BCUT2D eigenvalue weighted by atomic mass is 16.2. The minimum Gasteiger partial charge on any atom is -0.294 e. The first-order valence-corrected chi connectivity index (χ1v) is 5.81. The number of rotatable bonds is 3. The number of amides is 2. The number of nitrogens with zero attached hydrogens (tertiary/aromatic N) is 1. The molecule has 1 heterocycles. The summed E-state index contributed by atoms with van der Waals surface area (Å²) in [7, 11) is 0. The number of nitrogens with one attached hydrogen (secondary N) is 1. The van der Waals surface area contributed by atoms with Crippen LogP contribution >= 0.6 is 0 Å². The molecule has 1 aliphatic heterocycles. The largest absolute Gasteiger partial charge is 0.294 e. The van der Waals surface area contributed by atoms with Crippen LogP contribution in [0, 0.1) is 0 Å². The molecule has 2 amide bonds. The normalized spacial score (nSPS) is 17.0. The highest BCUT2D eigenvalue weighted by Crippen LogP contribution is 2.12. The summed E-state index contributed by atoms with van der Waals surface area (Å²) in [4.78, 5) is 24.4. The molecule has 0 atom stereocenters. The van der Waals surface area contributed by atoms with E-state index < -0.39 is 0 Å². The van der Waals surface area contributed by atoms with Crippen molar-refractivity contribution in [1.82, 2.24) is 10.2 Å². The van der Waals surface area contributed by atoms with E-state index in [0.29, 0.717) is 19.6 Å². The van der Waals surface area contributed by atoms with E-state index >= 15 is 0 Å². The number of piperazine rings is 1. The summed E-state index contributed by atoms with van der Waals surface area (Å²) in [6.45, 7) is 3.35. The number of imide groups is 1. The van der Waals surface area contributed by atoms with E-state index in [0.717, 1.165) is 6.42 Å². The SMILES string of the molecule is CCc1ccccc1CN1CC(=O)NC(=O)C1. The third-order valence-corrected chi connectivity index (χ3v) is 2.91. The van der Waals surface area contributed by atoms with Gasteiger partial charge in [0.05, 0.1) is 13.1 Å². The first-order chi connectivity index (χ1) is 8.19. The van der Waals surface area contributed by atoms with Crippen molar-refractivity contribution in [2.75, 3.05) is 13.1 Å².